The first-order valence-corrected chi connectivity index (χ1v) is 7.34. The third-order valence-corrected chi connectivity index (χ3v) is 3.74. The van der Waals surface area contributed by atoms with Crippen molar-refractivity contribution < 1.29 is 14.2 Å². The second-order valence-corrected chi connectivity index (χ2v) is 5.85. The van der Waals surface area contributed by atoms with Gasteiger partial charge in [0.05, 0.1) is 16.5 Å². The number of nitrogens with zero attached hydrogens (tertiary/aromatic N) is 2. The summed E-state index contributed by atoms with van der Waals surface area (Å²) in [6.45, 7) is 1.52. The van der Waals surface area contributed by atoms with Gasteiger partial charge < -0.3 is 9.26 Å². The van der Waals surface area contributed by atoms with Gasteiger partial charge in [-0.3, -0.25) is 10.1 Å². The maximum Gasteiger partial charge on any atom is 0.338 e. The lowest BCUT2D eigenvalue weighted by Crippen LogP contribution is -1.91. The summed E-state index contributed by atoms with van der Waals surface area (Å²) in [6, 6.07) is 3.67. The van der Waals surface area contributed by atoms with Gasteiger partial charge in [0.1, 0.15) is 5.75 Å². The van der Waals surface area contributed by atoms with E-state index >= 15 is 0 Å². The van der Waals surface area contributed by atoms with Crippen molar-refractivity contribution in [2.75, 3.05) is 7.11 Å². The predicted octanol–water partition coefficient (Wildman–Crippen LogP) is 4.60. The molecule has 0 aliphatic heterocycles. The van der Waals surface area contributed by atoms with E-state index in [9.17, 15) is 10.1 Å². The highest BCUT2D eigenvalue weighted by molar-refractivity contribution is 9.11. The Bertz CT molecular complexity index is 725. The van der Waals surface area contributed by atoms with Crippen LogP contribution in [-0.2, 0) is 0 Å². The second-order valence-electron chi connectivity index (χ2n) is 4.08. The average molecular weight is 418 g/mol. The molecule has 8 heteroatoms. The summed E-state index contributed by atoms with van der Waals surface area (Å²) in [4.78, 5) is 10.5. The number of halogens is 2. The molecular weight excluding hydrogens is 408 g/mol. The van der Waals surface area contributed by atoms with Gasteiger partial charge in [0, 0.05) is 10.0 Å². The molecule has 0 aliphatic carbocycles. The van der Waals surface area contributed by atoms with Gasteiger partial charge in [0.25, 0.3) is 0 Å². The number of methoxy groups -OCH3 is 1. The van der Waals surface area contributed by atoms with Crippen LogP contribution in [0.2, 0.25) is 0 Å². The van der Waals surface area contributed by atoms with Gasteiger partial charge in [-0.15, -0.1) is 0 Å². The number of benzene rings is 1. The smallest absolute Gasteiger partial charge is 0.338 e. The van der Waals surface area contributed by atoms with Crippen LogP contribution in [0.4, 0.5) is 5.69 Å². The van der Waals surface area contributed by atoms with Crippen LogP contribution in [0.15, 0.2) is 25.6 Å². The molecule has 1 aromatic carbocycles. The highest BCUT2D eigenvalue weighted by Gasteiger charge is 2.22. The SMILES string of the molecule is COc1c(Br)cc(Br)cc1/C=C/c1onc(C)c1[N+](=O)[O-]. The Morgan fingerprint density at radius 3 is 2.71 bits per heavy atom. The molecule has 0 radical (unpaired) electrons. The standard InChI is InChI=1S/C13H10Br2N2O4/c1-7-12(17(18)19)11(21-16-7)4-3-8-5-9(14)6-10(15)13(8)20-2/h3-6H,1-2H3/b4-3+. The maximum absolute atomic E-state index is 11.0. The molecule has 1 heterocycles. The minimum absolute atomic E-state index is 0.0932. The molecule has 2 aromatic rings. The third-order valence-electron chi connectivity index (χ3n) is 2.70. The zero-order valence-electron chi connectivity index (χ0n) is 11.1. The fraction of sp³-hybridized carbons (Fsp3) is 0.154. The minimum atomic E-state index is -0.514. The molecule has 0 bridgehead atoms. The van der Waals surface area contributed by atoms with E-state index < -0.39 is 4.92 Å². The highest BCUT2D eigenvalue weighted by Crippen LogP contribution is 2.34. The van der Waals surface area contributed by atoms with Gasteiger partial charge in [0.2, 0.25) is 5.76 Å². The molecule has 0 saturated carbocycles. The van der Waals surface area contributed by atoms with Crippen LogP contribution in [0.1, 0.15) is 17.0 Å². The highest BCUT2D eigenvalue weighted by atomic mass is 79.9. The third kappa shape index (κ3) is 3.33. The van der Waals surface area contributed by atoms with Crippen molar-refractivity contribution in [2.24, 2.45) is 0 Å². The summed E-state index contributed by atoms with van der Waals surface area (Å²) in [7, 11) is 1.55. The summed E-state index contributed by atoms with van der Waals surface area (Å²) in [5, 5.41) is 14.6. The number of aromatic nitrogens is 1. The van der Waals surface area contributed by atoms with E-state index in [4.69, 9.17) is 9.26 Å². The maximum atomic E-state index is 11.0. The van der Waals surface area contributed by atoms with E-state index in [0.717, 1.165) is 14.5 Å². The fourth-order valence-corrected chi connectivity index (χ4v) is 3.22. The molecule has 0 spiro atoms. The number of ether oxygens (including phenoxy) is 1. The Morgan fingerprint density at radius 1 is 1.38 bits per heavy atom. The predicted molar refractivity (Wildman–Crippen MR) is 85.2 cm³/mol. The van der Waals surface area contributed by atoms with Crippen molar-refractivity contribution in [3.05, 3.63) is 48.2 Å². The van der Waals surface area contributed by atoms with Crippen LogP contribution in [0.25, 0.3) is 12.2 Å². The van der Waals surface area contributed by atoms with Crippen LogP contribution in [-0.4, -0.2) is 17.2 Å². The van der Waals surface area contributed by atoms with E-state index in [1.54, 1.807) is 13.2 Å². The lowest BCUT2D eigenvalue weighted by atomic mass is 10.1. The molecule has 21 heavy (non-hydrogen) atoms. The van der Waals surface area contributed by atoms with E-state index in [2.05, 4.69) is 37.0 Å². The second kappa shape index (κ2) is 6.40. The first-order chi connectivity index (χ1) is 9.93. The van der Waals surface area contributed by atoms with Gasteiger partial charge >= 0.3 is 5.69 Å². The molecule has 0 saturated heterocycles. The molecule has 0 amide bonds. The van der Waals surface area contributed by atoms with E-state index in [0.29, 0.717) is 5.75 Å². The fourth-order valence-electron chi connectivity index (χ4n) is 1.80. The van der Waals surface area contributed by atoms with E-state index in [1.165, 1.54) is 13.0 Å². The summed E-state index contributed by atoms with van der Waals surface area (Å²) in [6.07, 6.45) is 3.16. The zero-order chi connectivity index (χ0) is 15.6. The Kier molecular flexibility index (Phi) is 4.79. The first kappa shape index (κ1) is 15.7. The van der Waals surface area contributed by atoms with Crippen molar-refractivity contribution in [1.82, 2.24) is 5.16 Å². The van der Waals surface area contributed by atoms with Crippen molar-refractivity contribution >= 4 is 49.7 Å². The van der Waals surface area contributed by atoms with Gasteiger partial charge in [-0.25, -0.2) is 0 Å². The lowest BCUT2D eigenvalue weighted by molar-refractivity contribution is -0.386. The van der Waals surface area contributed by atoms with Crippen LogP contribution >= 0.6 is 31.9 Å². The van der Waals surface area contributed by atoms with E-state index in [1.807, 2.05) is 12.1 Å². The van der Waals surface area contributed by atoms with Crippen LogP contribution < -0.4 is 4.74 Å². The Labute approximate surface area is 137 Å². The molecule has 1 aromatic heterocycles. The normalized spacial score (nSPS) is 11.0. The summed E-state index contributed by atoms with van der Waals surface area (Å²) >= 11 is 6.77. The molecule has 0 atom stereocenters. The van der Waals surface area contributed by atoms with Gasteiger partial charge in [0.15, 0.2) is 5.69 Å². The van der Waals surface area contributed by atoms with Crippen molar-refractivity contribution in [2.45, 2.75) is 6.92 Å². The number of rotatable bonds is 4. The molecule has 0 fully saturated rings. The Hall–Kier alpha value is -1.67. The van der Waals surface area contributed by atoms with Gasteiger partial charge in [-0.2, -0.15) is 0 Å². The molecule has 110 valence electrons. The van der Waals surface area contributed by atoms with Gasteiger partial charge in [-0.1, -0.05) is 21.1 Å². The summed E-state index contributed by atoms with van der Waals surface area (Å²) in [5.74, 6) is 0.712. The van der Waals surface area contributed by atoms with Crippen molar-refractivity contribution in [1.29, 1.82) is 0 Å². The van der Waals surface area contributed by atoms with E-state index in [-0.39, 0.29) is 17.1 Å². The Balaban J connectivity index is 2.45. The molecule has 0 unspecified atom stereocenters. The monoisotopic (exact) mass is 416 g/mol. The van der Waals surface area contributed by atoms with Crippen molar-refractivity contribution in [3.8, 4) is 5.75 Å². The van der Waals surface area contributed by atoms with Crippen molar-refractivity contribution in [3.63, 3.8) is 0 Å². The largest absolute Gasteiger partial charge is 0.495 e. The lowest BCUT2D eigenvalue weighted by Gasteiger charge is -2.07. The molecule has 6 nitrogen and oxygen atoms in total. The summed E-state index contributed by atoms with van der Waals surface area (Å²) in [5.41, 5.74) is 0.836. The summed E-state index contributed by atoms with van der Waals surface area (Å²) < 4.78 is 11.9. The number of nitro groups is 1. The quantitative estimate of drug-likeness (QED) is 0.536. The molecule has 0 N–H and O–H groups in total. The van der Waals surface area contributed by atoms with Gasteiger partial charge in [-0.05, 0) is 47.1 Å². The minimum Gasteiger partial charge on any atom is -0.495 e. The van der Waals surface area contributed by atoms with Crippen LogP contribution in [0.5, 0.6) is 5.75 Å². The molecular formula is C13H10Br2N2O4. The topological polar surface area (TPSA) is 78.4 Å². The number of hydrogen-bond acceptors (Lipinski definition) is 5. The Morgan fingerprint density at radius 2 is 2.10 bits per heavy atom. The van der Waals surface area contributed by atoms with Crippen LogP contribution in [0.3, 0.4) is 0 Å². The van der Waals surface area contributed by atoms with Crippen LogP contribution in [0, 0.1) is 17.0 Å². The number of hydrogen-bond donors (Lipinski definition) is 0. The molecule has 2 rings (SSSR count). The number of aryl methyl sites for hydroxylation is 1. The average Bonchev–Trinajstić information content (AvgIpc) is 2.77. The first-order valence-electron chi connectivity index (χ1n) is 5.75. The molecule has 0 aliphatic rings. The zero-order valence-corrected chi connectivity index (χ0v) is 14.3.